The number of rotatable bonds is 4. The predicted molar refractivity (Wildman–Crippen MR) is 125 cm³/mol. The highest BCUT2D eigenvalue weighted by molar-refractivity contribution is 5.93. The Morgan fingerprint density at radius 3 is 2.74 bits per heavy atom. The lowest BCUT2D eigenvalue weighted by atomic mass is 9.95. The van der Waals surface area contributed by atoms with Crippen molar-refractivity contribution in [3.8, 4) is 34.1 Å². The topological polar surface area (TPSA) is 141 Å². The van der Waals surface area contributed by atoms with Crippen molar-refractivity contribution in [1.82, 2.24) is 25.3 Å². The van der Waals surface area contributed by atoms with Crippen LogP contribution in [-0.2, 0) is 6.54 Å². The smallest absolute Gasteiger partial charge is 0.264 e. The number of nitrogens with one attached hydrogen (secondary N) is 3. The van der Waals surface area contributed by atoms with E-state index in [0.29, 0.717) is 51.4 Å². The lowest BCUT2D eigenvalue weighted by Crippen LogP contribution is -2.24. The van der Waals surface area contributed by atoms with Crippen molar-refractivity contribution in [1.29, 1.82) is 0 Å². The first-order valence-electron chi connectivity index (χ1n) is 10.8. The third-order valence-electron chi connectivity index (χ3n) is 6.20. The van der Waals surface area contributed by atoms with Crippen LogP contribution < -0.4 is 16.4 Å². The van der Waals surface area contributed by atoms with E-state index >= 15 is 0 Å². The molecule has 0 fully saturated rings. The van der Waals surface area contributed by atoms with Crippen LogP contribution >= 0.6 is 0 Å². The Morgan fingerprint density at radius 1 is 1.12 bits per heavy atom. The summed E-state index contributed by atoms with van der Waals surface area (Å²) >= 11 is 0. The first-order valence-corrected chi connectivity index (χ1v) is 10.8. The molecule has 1 unspecified atom stereocenters. The molecule has 0 aliphatic carbocycles. The average Bonchev–Trinajstić information content (AvgIpc) is 3.57. The number of anilines is 1. The highest BCUT2D eigenvalue weighted by Crippen LogP contribution is 2.44. The number of H-pyrrole nitrogens is 1. The summed E-state index contributed by atoms with van der Waals surface area (Å²) in [5.74, 6) is 0.802. The summed E-state index contributed by atoms with van der Waals surface area (Å²) in [5.41, 5.74) is 8.74. The zero-order chi connectivity index (χ0) is 23.4. The SMILES string of the molecule is CCn1c(=O)c(-c2[nH]nc3c2C(c2cnoc2-c2ccccc2O)NN3)c(O)c2ccccc21. The number of benzene rings is 2. The monoisotopic (exact) mass is 456 g/mol. The van der Waals surface area contributed by atoms with Crippen LogP contribution in [0.15, 0.2) is 64.0 Å². The van der Waals surface area contributed by atoms with E-state index in [1.54, 1.807) is 41.1 Å². The molecule has 0 radical (unpaired) electrons. The maximum atomic E-state index is 13.5. The minimum atomic E-state index is -0.523. The van der Waals surface area contributed by atoms with Gasteiger partial charge >= 0.3 is 0 Å². The molecule has 34 heavy (non-hydrogen) atoms. The Hall–Kier alpha value is -4.57. The minimum absolute atomic E-state index is 0.0529. The van der Waals surface area contributed by atoms with Gasteiger partial charge in [-0.15, -0.1) is 0 Å². The van der Waals surface area contributed by atoms with E-state index in [1.165, 1.54) is 0 Å². The number of hydrazine groups is 1. The van der Waals surface area contributed by atoms with Crippen LogP contribution in [0.4, 0.5) is 5.82 Å². The molecule has 1 atom stereocenters. The average molecular weight is 456 g/mol. The lowest BCUT2D eigenvalue weighted by Gasteiger charge is -2.15. The molecule has 0 saturated carbocycles. The van der Waals surface area contributed by atoms with Gasteiger partial charge in [-0.25, -0.2) is 5.43 Å². The summed E-state index contributed by atoms with van der Waals surface area (Å²) in [7, 11) is 0. The number of aryl methyl sites for hydroxylation is 1. The maximum Gasteiger partial charge on any atom is 0.264 e. The molecule has 0 spiro atoms. The molecule has 10 nitrogen and oxygen atoms in total. The van der Waals surface area contributed by atoms with Gasteiger partial charge < -0.3 is 24.7 Å². The number of nitrogens with zero attached hydrogens (tertiary/aromatic N) is 3. The second-order valence-corrected chi connectivity index (χ2v) is 7.98. The number of fused-ring (bicyclic) bond motifs is 2. The third kappa shape index (κ3) is 2.75. The fourth-order valence-corrected chi connectivity index (χ4v) is 4.62. The Bertz CT molecular complexity index is 1620. The summed E-state index contributed by atoms with van der Waals surface area (Å²) in [4.78, 5) is 13.5. The summed E-state index contributed by atoms with van der Waals surface area (Å²) in [5, 5.41) is 33.3. The molecule has 5 N–H and O–H groups in total. The van der Waals surface area contributed by atoms with Crippen LogP contribution in [0.25, 0.3) is 33.5 Å². The van der Waals surface area contributed by atoms with Crippen molar-refractivity contribution in [2.24, 2.45) is 0 Å². The van der Waals surface area contributed by atoms with Gasteiger partial charge in [0.05, 0.1) is 29.0 Å². The van der Waals surface area contributed by atoms with E-state index in [0.717, 1.165) is 0 Å². The van der Waals surface area contributed by atoms with Crippen LogP contribution in [0, 0.1) is 0 Å². The van der Waals surface area contributed by atoms with Gasteiger partial charge in [0.15, 0.2) is 11.6 Å². The Labute approximate surface area is 192 Å². The largest absolute Gasteiger partial charge is 0.507 e. The zero-order valence-electron chi connectivity index (χ0n) is 18.0. The molecule has 3 aromatic heterocycles. The normalized spacial score (nSPS) is 14.9. The molecular weight excluding hydrogens is 436 g/mol. The molecule has 0 bridgehead atoms. The number of hydrogen-bond acceptors (Lipinski definition) is 8. The molecule has 0 saturated heterocycles. The summed E-state index contributed by atoms with van der Waals surface area (Å²) in [6.45, 7) is 2.32. The van der Waals surface area contributed by atoms with E-state index in [-0.39, 0.29) is 22.6 Å². The van der Waals surface area contributed by atoms with Crippen molar-refractivity contribution in [3.05, 3.63) is 76.2 Å². The van der Waals surface area contributed by atoms with Gasteiger partial charge in [-0.05, 0) is 31.2 Å². The molecule has 1 aliphatic rings. The number of phenolic OH excluding ortho intramolecular Hbond substituents is 1. The standard InChI is InChI=1S/C24H20N6O4/c1-2-30-15-9-5-3-7-12(15)21(32)18(24(30)33)20-17-19(26-28-23(17)29-27-20)14-11-25-34-22(14)13-8-4-6-10-16(13)31/h3-11,19,26,31-32H,2H2,1H3,(H2,27,28,29). The van der Waals surface area contributed by atoms with Gasteiger partial charge in [0.2, 0.25) is 0 Å². The van der Waals surface area contributed by atoms with E-state index in [2.05, 4.69) is 26.2 Å². The third-order valence-corrected chi connectivity index (χ3v) is 6.20. The van der Waals surface area contributed by atoms with Crippen molar-refractivity contribution < 1.29 is 14.7 Å². The van der Waals surface area contributed by atoms with E-state index in [9.17, 15) is 15.0 Å². The first-order chi connectivity index (χ1) is 16.6. The van der Waals surface area contributed by atoms with E-state index in [1.807, 2.05) is 25.1 Å². The van der Waals surface area contributed by atoms with Crippen LogP contribution in [0.3, 0.4) is 0 Å². The molecule has 10 heteroatoms. The highest BCUT2D eigenvalue weighted by Gasteiger charge is 2.36. The van der Waals surface area contributed by atoms with Crippen molar-refractivity contribution in [2.45, 2.75) is 19.5 Å². The Morgan fingerprint density at radius 2 is 1.91 bits per heavy atom. The van der Waals surface area contributed by atoms with Crippen molar-refractivity contribution >= 4 is 16.7 Å². The van der Waals surface area contributed by atoms with Crippen LogP contribution in [0.1, 0.15) is 24.1 Å². The van der Waals surface area contributed by atoms with Crippen molar-refractivity contribution in [2.75, 3.05) is 5.43 Å². The number of pyridine rings is 1. The Balaban J connectivity index is 1.57. The van der Waals surface area contributed by atoms with Gasteiger partial charge in [-0.3, -0.25) is 9.89 Å². The number of aromatic nitrogens is 4. The molecule has 6 rings (SSSR count). The quantitative estimate of drug-likeness (QED) is 0.277. The fraction of sp³-hybridized carbons (Fsp3) is 0.125. The van der Waals surface area contributed by atoms with Gasteiger partial charge in [0, 0.05) is 23.1 Å². The molecule has 170 valence electrons. The molecule has 2 aromatic carbocycles. The van der Waals surface area contributed by atoms with Crippen LogP contribution in [-0.4, -0.2) is 30.1 Å². The van der Waals surface area contributed by atoms with Crippen LogP contribution in [0.2, 0.25) is 0 Å². The first kappa shape index (κ1) is 20.1. The number of phenols is 1. The van der Waals surface area contributed by atoms with E-state index in [4.69, 9.17) is 4.52 Å². The minimum Gasteiger partial charge on any atom is -0.507 e. The second kappa shape index (κ2) is 7.49. The van der Waals surface area contributed by atoms with Gasteiger partial charge in [0.1, 0.15) is 17.1 Å². The predicted octanol–water partition coefficient (Wildman–Crippen LogP) is 3.50. The molecule has 0 amide bonds. The van der Waals surface area contributed by atoms with Gasteiger partial charge in [-0.1, -0.05) is 29.4 Å². The maximum absolute atomic E-state index is 13.5. The molecular formula is C24H20N6O4. The summed E-state index contributed by atoms with van der Waals surface area (Å²) in [6, 6.07) is 13.5. The zero-order valence-corrected chi connectivity index (χ0v) is 18.0. The summed E-state index contributed by atoms with van der Waals surface area (Å²) in [6.07, 6.45) is 1.55. The second-order valence-electron chi connectivity index (χ2n) is 7.98. The van der Waals surface area contributed by atoms with Gasteiger partial charge in [-0.2, -0.15) is 5.10 Å². The molecule has 5 aromatic rings. The molecule has 1 aliphatic heterocycles. The summed E-state index contributed by atoms with van der Waals surface area (Å²) < 4.78 is 7.12. The van der Waals surface area contributed by atoms with Crippen LogP contribution in [0.5, 0.6) is 11.5 Å². The van der Waals surface area contributed by atoms with Crippen molar-refractivity contribution in [3.63, 3.8) is 0 Å². The fourth-order valence-electron chi connectivity index (χ4n) is 4.62. The van der Waals surface area contributed by atoms with Gasteiger partial charge in [0.25, 0.3) is 5.56 Å². The number of aromatic hydroxyl groups is 2. The number of aromatic amines is 1. The highest BCUT2D eigenvalue weighted by atomic mass is 16.5. The molecule has 4 heterocycles. The number of hydrogen-bond donors (Lipinski definition) is 5. The van der Waals surface area contributed by atoms with E-state index < -0.39 is 6.04 Å². The Kier molecular flexibility index (Phi) is 4.42. The number of para-hydroxylation sites is 2. The lowest BCUT2D eigenvalue weighted by molar-refractivity contribution is 0.425.